The summed E-state index contributed by atoms with van der Waals surface area (Å²) < 4.78 is 18.4. The third-order valence-corrected chi connectivity index (χ3v) is 3.64. The van der Waals surface area contributed by atoms with Crippen LogP contribution in [0.25, 0.3) is 0 Å². The van der Waals surface area contributed by atoms with Gasteiger partial charge in [-0.15, -0.1) is 0 Å². The van der Waals surface area contributed by atoms with Crippen molar-refractivity contribution in [2.75, 3.05) is 31.3 Å². The Morgan fingerprint density at radius 1 is 1.16 bits per heavy atom. The Balaban J connectivity index is 1.98. The number of hydrogen-bond donors (Lipinski definition) is 1. The van der Waals surface area contributed by atoms with Crippen molar-refractivity contribution in [3.05, 3.63) is 30.1 Å². The summed E-state index contributed by atoms with van der Waals surface area (Å²) in [6.07, 6.45) is 4.91. The minimum atomic E-state index is -0.202. The molecule has 0 amide bonds. The van der Waals surface area contributed by atoms with E-state index >= 15 is 0 Å². The molecule has 1 aromatic rings. The largest absolute Gasteiger partial charge is 0.394 e. The number of halogens is 1. The zero-order valence-electron chi connectivity index (χ0n) is 11.2. The van der Waals surface area contributed by atoms with E-state index in [0.717, 1.165) is 12.2 Å². The summed E-state index contributed by atoms with van der Waals surface area (Å²) in [6.45, 7) is 1.81. The Labute approximate surface area is 114 Å². The number of aliphatic hydroxyl groups is 1. The predicted molar refractivity (Wildman–Crippen MR) is 73.9 cm³/mol. The first-order valence-electron chi connectivity index (χ1n) is 7.02. The van der Waals surface area contributed by atoms with Gasteiger partial charge in [-0.05, 0) is 37.1 Å². The lowest BCUT2D eigenvalue weighted by molar-refractivity contribution is 0.0959. The van der Waals surface area contributed by atoms with Crippen LogP contribution in [0.4, 0.5) is 10.1 Å². The lowest BCUT2D eigenvalue weighted by Crippen LogP contribution is -2.36. The van der Waals surface area contributed by atoms with Crippen molar-refractivity contribution in [3.63, 3.8) is 0 Å². The SMILES string of the molecule is OCCOCCN(c1ccc(F)cc1)C1CCCC1. The maximum Gasteiger partial charge on any atom is 0.123 e. The number of benzene rings is 1. The van der Waals surface area contributed by atoms with Crippen LogP contribution in [0, 0.1) is 5.82 Å². The minimum absolute atomic E-state index is 0.0555. The van der Waals surface area contributed by atoms with Gasteiger partial charge in [-0.25, -0.2) is 4.39 Å². The van der Waals surface area contributed by atoms with E-state index in [1.165, 1.54) is 37.8 Å². The van der Waals surface area contributed by atoms with Crippen LogP contribution in [-0.2, 0) is 4.74 Å². The van der Waals surface area contributed by atoms with Crippen molar-refractivity contribution in [1.29, 1.82) is 0 Å². The van der Waals surface area contributed by atoms with Crippen LogP contribution in [0.1, 0.15) is 25.7 Å². The molecule has 2 rings (SSSR count). The average Bonchev–Trinajstić information content (AvgIpc) is 2.94. The Morgan fingerprint density at radius 2 is 1.84 bits per heavy atom. The molecule has 0 aromatic heterocycles. The molecule has 1 aliphatic carbocycles. The molecule has 4 heteroatoms. The zero-order chi connectivity index (χ0) is 13.5. The van der Waals surface area contributed by atoms with E-state index in [-0.39, 0.29) is 12.4 Å². The van der Waals surface area contributed by atoms with Gasteiger partial charge < -0.3 is 14.7 Å². The molecule has 1 aliphatic rings. The maximum absolute atomic E-state index is 13.0. The molecule has 0 bridgehead atoms. The minimum Gasteiger partial charge on any atom is -0.394 e. The second-order valence-corrected chi connectivity index (χ2v) is 4.94. The van der Waals surface area contributed by atoms with E-state index in [0.29, 0.717) is 19.3 Å². The molecule has 0 unspecified atom stereocenters. The van der Waals surface area contributed by atoms with Gasteiger partial charge in [-0.1, -0.05) is 12.8 Å². The first-order chi connectivity index (χ1) is 9.31. The number of anilines is 1. The fourth-order valence-corrected chi connectivity index (χ4v) is 2.70. The van der Waals surface area contributed by atoms with E-state index in [1.54, 1.807) is 0 Å². The van der Waals surface area contributed by atoms with E-state index in [4.69, 9.17) is 9.84 Å². The predicted octanol–water partition coefficient (Wildman–Crippen LogP) is 2.58. The second-order valence-electron chi connectivity index (χ2n) is 4.94. The Morgan fingerprint density at radius 3 is 2.47 bits per heavy atom. The van der Waals surface area contributed by atoms with Gasteiger partial charge in [0.2, 0.25) is 0 Å². The van der Waals surface area contributed by atoms with Crippen LogP contribution in [0.5, 0.6) is 0 Å². The summed E-state index contributed by atoms with van der Waals surface area (Å²) in [5.41, 5.74) is 1.06. The van der Waals surface area contributed by atoms with Crippen molar-refractivity contribution < 1.29 is 14.2 Å². The summed E-state index contributed by atoms with van der Waals surface area (Å²) in [4.78, 5) is 2.31. The normalized spacial score (nSPS) is 15.9. The molecule has 106 valence electrons. The number of ether oxygens (including phenoxy) is 1. The highest BCUT2D eigenvalue weighted by molar-refractivity contribution is 5.47. The zero-order valence-corrected chi connectivity index (χ0v) is 11.2. The number of nitrogens with zero attached hydrogens (tertiary/aromatic N) is 1. The van der Waals surface area contributed by atoms with Gasteiger partial charge in [0.25, 0.3) is 0 Å². The monoisotopic (exact) mass is 267 g/mol. The molecule has 1 fully saturated rings. The van der Waals surface area contributed by atoms with Gasteiger partial charge in [0.1, 0.15) is 5.82 Å². The Hall–Kier alpha value is -1.13. The summed E-state index contributed by atoms with van der Waals surface area (Å²) in [7, 11) is 0. The van der Waals surface area contributed by atoms with Crippen molar-refractivity contribution in [3.8, 4) is 0 Å². The smallest absolute Gasteiger partial charge is 0.123 e. The molecule has 0 aliphatic heterocycles. The second kappa shape index (κ2) is 7.46. The van der Waals surface area contributed by atoms with Crippen molar-refractivity contribution >= 4 is 5.69 Å². The molecule has 1 aromatic carbocycles. The molecular formula is C15H22FNO2. The van der Waals surface area contributed by atoms with Gasteiger partial charge in [0, 0.05) is 18.3 Å². The van der Waals surface area contributed by atoms with Gasteiger partial charge in [0.15, 0.2) is 0 Å². The van der Waals surface area contributed by atoms with Crippen LogP contribution < -0.4 is 4.90 Å². The highest BCUT2D eigenvalue weighted by Crippen LogP contribution is 2.28. The molecule has 0 saturated heterocycles. The average molecular weight is 267 g/mol. The first kappa shape index (κ1) is 14.3. The topological polar surface area (TPSA) is 32.7 Å². The fourth-order valence-electron chi connectivity index (χ4n) is 2.70. The third-order valence-electron chi connectivity index (χ3n) is 3.64. The van der Waals surface area contributed by atoms with Gasteiger partial charge in [-0.3, -0.25) is 0 Å². The fraction of sp³-hybridized carbons (Fsp3) is 0.600. The van der Waals surface area contributed by atoms with E-state index in [9.17, 15) is 4.39 Å². The van der Waals surface area contributed by atoms with Crippen LogP contribution >= 0.6 is 0 Å². The van der Waals surface area contributed by atoms with E-state index < -0.39 is 0 Å². The lowest BCUT2D eigenvalue weighted by Gasteiger charge is -2.31. The van der Waals surface area contributed by atoms with Crippen LogP contribution in [0.3, 0.4) is 0 Å². The van der Waals surface area contributed by atoms with E-state index in [2.05, 4.69) is 4.90 Å². The van der Waals surface area contributed by atoms with E-state index in [1.807, 2.05) is 12.1 Å². The molecule has 0 spiro atoms. The molecule has 3 nitrogen and oxygen atoms in total. The number of rotatable bonds is 7. The summed E-state index contributed by atoms with van der Waals surface area (Å²) in [6, 6.07) is 7.21. The maximum atomic E-state index is 13.0. The molecule has 0 atom stereocenters. The summed E-state index contributed by atoms with van der Waals surface area (Å²) >= 11 is 0. The van der Waals surface area contributed by atoms with Crippen molar-refractivity contribution in [2.24, 2.45) is 0 Å². The quantitative estimate of drug-likeness (QED) is 0.771. The first-order valence-corrected chi connectivity index (χ1v) is 7.02. The molecule has 19 heavy (non-hydrogen) atoms. The van der Waals surface area contributed by atoms with Gasteiger partial charge in [0.05, 0.1) is 19.8 Å². The third kappa shape index (κ3) is 4.18. The molecule has 1 N–H and O–H groups in total. The molecule has 0 radical (unpaired) electrons. The van der Waals surface area contributed by atoms with Crippen molar-refractivity contribution in [1.82, 2.24) is 0 Å². The summed E-state index contributed by atoms with van der Waals surface area (Å²) in [5.74, 6) is -0.202. The van der Waals surface area contributed by atoms with Crippen molar-refractivity contribution in [2.45, 2.75) is 31.7 Å². The standard InChI is InChI=1S/C15H22FNO2/c16-13-5-7-15(8-6-13)17(9-11-19-12-10-18)14-3-1-2-4-14/h5-8,14,18H,1-4,9-12H2. The van der Waals surface area contributed by atoms with Crippen LogP contribution in [0.15, 0.2) is 24.3 Å². The number of aliphatic hydroxyl groups excluding tert-OH is 1. The number of hydrogen-bond acceptors (Lipinski definition) is 3. The van der Waals surface area contributed by atoms with Crippen LogP contribution in [0.2, 0.25) is 0 Å². The van der Waals surface area contributed by atoms with Crippen LogP contribution in [-0.4, -0.2) is 37.5 Å². The molecular weight excluding hydrogens is 245 g/mol. The molecule has 0 heterocycles. The Kier molecular flexibility index (Phi) is 5.61. The van der Waals surface area contributed by atoms with Gasteiger partial charge >= 0.3 is 0 Å². The lowest BCUT2D eigenvalue weighted by atomic mass is 10.1. The van der Waals surface area contributed by atoms with Gasteiger partial charge in [-0.2, -0.15) is 0 Å². The highest BCUT2D eigenvalue weighted by atomic mass is 19.1. The summed E-state index contributed by atoms with van der Waals surface area (Å²) in [5, 5.41) is 8.71. The molecule has 1 saturated carbocycles. The Bertz CT molecular complexity index is 363. The highest BCUT2D eigenvalue weighted by Gasteiger charge is 2.22.